The highest BCUT2D eigenvalue weighted by atomic mass is 16.6. The maximum absolute atomic E-state index is 9.55. The Balaban J connectivity index is 1.63. The van der Waals surface area contributed by atoms with Gasteiger partial charge < -0.3 is 26.1 Å². The Labute approximate surface area is 183 Å². The van der Waals surface area contributed by atoms with E-state index >= 15 is 0 Å². The molecule has 1 aromatic carbocycles. The third kappa shape index (κ3) is 4.12. The van der Waals surface area contributed by atoms with Crippen molar-refractivity contribution in [2.75, 3.05) is 18.2 Å². The standard InChI is InChI=1S/C22H31BN6O2/c1-22(2)18-19(25-12-26-21(18)24)16-10-9-15(11-17(16)20(22)29-31-4)27-13-5-7-14(8-6-13)28-23(3)30/h9-14,27-28,30H,5-8H2,1-4H3,(H2,24,25,26)/b29-20+/t13-,14-. The molecule has 2 aliphatic carbocycles. The highest BCUT2D eigenvalue weighted by Crippen LogP contribution is 2.45. The van der Waals surface area contributed by atoms with Crippen LogP contribution in [0.15, 0.2) is 29.7 Å². The van der Waals surface area contributed by atoms with Crippen LogP contribution in [0.25, 0.3) is 11.3 Å². The van der Waals surface area contributed by atoms with E-state index in [0.29, 0.717) is 17.9 Å². The number of nitrogens with zero attached hydrogens (tertiary/aromatic N) is 3. The van der Waals surface area contributed by atoms with Crippen LogP contribution in [0.4, 0.5) is 11.5 Å². The molecule has 0 radical (unpaired) electrons. The van der Waals surface area contributed by atoms with Crippen LogP contribution in [-0.2, 0) is 10.3 Å². The Morgan fingerprint density at radius 2 is 1.87 bits per heavy atom. The normalized spacial score (nSPS) is 23.1. The van der Waals surface area contributed by atoms with Gasteiger partial charge in [-0.1, -0.05) is 11.2 Å². The summed E-state index contributed by atoms with van der Waals surface area (Å²) in [6, 6.07) is 7.07. The summed E-state index contributed by atoms with van der Waals surface area (Å²) in [6.45, 7) is 5.92. The highest BCUT2D eigenvalue weighted by molar-refractivity contribution is 6.45. The van der Waals surface area contributed by atoms with Gasteiger partial charge in [0, 0.05) is 33.8 Å². The summed E-state index contributed by atoms with van der Waals surface area (Å²) in [5, 5.41) is 20.9. The number of fused-ring (bicyclic) bond motifs is 3. The first-order valence-corrected chi connectivity index (χ1v) is 10.9. The van der Waals surface area contributed by atoms with Gasteiger partial charge in [0.1, 0.15) is 19.3 Å². The van der Waals surface area contributed by atoms with Gasteiger partial charge in [0.2, 0.25) is 0 Å². The fourth-order valence-corrected chi connectivity index (χ4v) is 4.95. The topological polar surface area (TPSA) is 118 Å². The lowest BCUT2D eigenvalue weighted by atomic mass is 9.70. The molecule has 8 nitrogen and oxygen atoms in total. The molecular formula is C22H31BN6O2. The molecule has 0 saturated heterocycles. The number of hydrogen-bond donors (Lipinski definition) is 4. The maximum Gasteiger partial charge on any atom is 0.373 e. The van der Waals surface area contributed by atoms with Gasteiger partial charge in [-0.3, -0.25) is 0 Å². The number of nitrogen functional groups attached to an aromatic ring is 1. The van der Waals surface area contributed by atoms with Crippen molar-refractivity contribution in [3.05, 3.63) is 35.7 Å². The Kier molecular flexibility index (Phi) is 5.90. The minimum atomic E-state index is -0.493. The molecule has 1 fully saturated rings. The number of nitrogens with one attached hydrogen (secondary N) is 2. The number of benzene rings is 1. The number of hydrogen-bond acceptors (Lipinski definition) is 8. The molecule has 9 heteroatoms. The molecule has 164 valence electrons. The van der Waals surface area contributed by atoms with Crippen LogP contribution in [0.3, 0.4) is 0 Å². The van der Waals surface area contributed by atoms with E-state index in [2.05, 4.69) is 57.7 Å². The molecule has 0 atom stereocenters. The first-order chi connectivity index (χ1) is 14.8. The van der Waals surface area contributed by atoms with Gasteiger partial charge in [0.25, 0.3) is 0 Å². The van der Waals surface area contributed by atoms with Crippen molar-refractivity contribution in [1.29, 1.82) is 0 Å². The fraction of sp³-hybridized carbons (Fsp3) is 0.500. The number of aromatic nitrogens is 2. The SMILES string of the molecule is CO/N=C1\c2cc(N[C@H]3CC[C@H](NB(C)O)CC3)ccc2-c2ncnc(N)c2C1(C)C. The van der Waals surface area contributed by atoms with Crippen molar-refractivity contribution in [3.8, 4) is 11.3 Å². The third-order valence-electron chi connectivity index (χ3n) is 6.38. The Morgan fingerprint density at radius 1 is 1.16 bits per heavy atom. The summed E-state index contributed by atoms with van der Waals surface area (Å²) in [5.41, 5.74) is 11.3. The van der Waals surface area contributed by atoms with Crippen LogP contribution in [0.1, 0.15) is 50.7 Å². The van der Waals surface area contributed by atoms with E-state index in [1.165, 1.54) is 6.33 Å². The fourth-order valence-electron chi connectivity index (χ4n) is 4.95. The molecule has 31 heavy (non-hydrogen) atoms. The molecule has 0 unspecified atom stereocenters. The van der Waals surface area contributed by atoms with Crippen molar-refractivity contribution in [2.24, 2.45) is 5.16 Å². The van der Waals surface area contributed by atoms with Gasteiger partial charge in [-0.05, 0) is 64.5 Å². The van der Waals surface area contributed by atoms with E-state index in [9.17, 15) is 5.02 Å². The van der Waals surface area contributed by atoms with E-state index in [1.807, 2.05) is 0 Å². The van der Waals surface area contributed by atoms with Crippen molar-refractivity contribution in [3.63, 3.8) is 0 Å². The quantitative estimate of drug-likeness (QED) is 0.432. The lowest BCUT2D eigenvalue weighted by molar-refractivity contribution is 0.211. The van der Waals surface area contributed by atoms with Gasteiger partial charge in [-0.25, -0.2) is 9.97 Å². The second-order valence-electron chi connectivity index (χ2n) is 9.03. The molecule has 5 N–H and O–H groups in total. The number of nitrogens with two attached hydrogens (primary N) is 1. The predicted octanol–water partition coefficient (Wildman–Crippen LogP) is 2.79. The average molecular weight is 422 g/mol. The minimum Gasteiger partial charge on any atom is -0.437 e. The van der Waals surface area contributed by atoms with Crippen LogP contribution in [-0.4, -0.2) is 46.9 Å². The van der Waals surface area contributed by atoms with Crippen LogP contribution < -0.4 is 16.3 Å². The third-order valence-corrected chi connectivity index (χ3v) is 6.38. The predicted molar refractivity (Wildman–Crippen MR) is 125 cm³/mol. The van der Waals surface area contributed by atoms with Crippen molar-refractivity contribution in [1.82, 2.24) is 15.2 Å². The summed E-state index contributed by atoms with van der Waals surface area (Å²) in [7, 11) is 1.10. The molecule has 0 bridgehead atoms. The summed E-state index contributed by atoms with van der Waals surface area (Å²) in [5.74, 6) is 0.467. The van der Waals surface area contributed by atoms with Crippen molar-refractivity contribution in [2.45, 2.75) is 63.9 Å². The molecule has 0 aliphatic heterocycles. The van der Waals surface area contributed by atoms with Crippen LogP contribution in [0, 0.1) is 0 Å². The van der Waals surface area contributed by atoms with E-state index in [1.54, 1.807) is 13.9 Å². The average Bonchev–Trinajstić information content (AvgIpc) is 2.72. The first-order valence-electron chi connectivity index (χ1n) is 10.9. The monoisotopic (exact) mass is 422 g/mol. The molecule has 2 aromatic rings. The Hall–Kier alpha value is -2.65. The molecular weight excluding hydrogens is 391 g/mol. The smallest absolute Gasteiger partial charge is 0.373 e. The molecule has 1 heterocycles. The van der Waals surface area contributed by atoms with Gasteiger partial charge >= 0.3 is 7.05 Å². The van der Waals surface area contributed by atoms with Crippen LogP contribution >= 0.6 is 0 Å². The molecule has 1 saturated carbocycles. The van der Waals surface area contributed by atoms with E-state index < -0.39 is 12.5 Å². The maximum atomic E-state index is 9.55. The summed E-state index contributed by atoms with van der Waals surface area (Å²) < 4.78 is 0. The second kappa shape index (κ2) is 8.47. The zero-order chi connectivity index (χ0) is 22.2. The van der Waals surface area contributed by atoms with E-state index in [4.69, 9.17) is 10.6 Å². The number of oxime groups is 1. The first kappa shape index (κ1) is 21.6. The highest BCUT2D eigenvalue weighted by Gasteiger charge is 2.40. The zero-order valence-corrected chi connectivity index (χ0v) is 18.6. The van der Waals surface area contributed by atoms with Gasteiger partial charge in [0.15, 0.2) is 0 Å². The van der Waals surface area contributed by atoms with Crippen molar-refractivity contribution >= 4 is 24.3 Å². The number of anilines is 2. The van der Waals surface area contributed by atoms with E-state index in [-0.39, 0.29) is 0 Å². The largest absolute Gasteiger partial charge is 0.437 e. The van der Waals surface area contributed by atoms with Gasteiger partial charge in [-0.15, -0.1) is 0 Å². The summed E-state index contributed by atoms with van der Waals surface area (Å²) >= 11 is 0. The van der Waals surface area contributed by atoms with Crippen molar-refractivity contribution < 1.29 is 9.86 Å². The molecule has 0 spiro atoms. The second-order valence-corrected chi connectivity index (χ2v) is 9.03. The van der Waals surface area contributed by atoms with E-state index in [0.717, 1.165) is 59.5 Å². The van der Waals surface area contributed by atoms with Gasteiger partial charge in [0.05, 0.1) is 11.4 Å². The minimum absolute atomic E-state index is 0.379. The molecule has 1 aromatic heterocycles. The Bertz CT molecular complexity index is 986. The summed E-state index contributed by atoms with van der Waals surface area (Å²) in [4.78, 5) is 14.0. The van der Waals surface area contributed by atoms with Gasteiger partial charge in [-0.2, -0.15) is 0 Å². The number of rotatable bonds is 5. The molecule has 2 aliphatic rings. The molecule has 0 amide bonds. The zero-order valence-electron chi connectivity index (χ0n) is 18.6. The lowest BCUT2D eigenvalue weighted by Gasteiger charge is -2.35. The molecule has 4 rings (SSSR count). The van der Waals surface area contributed by atoms with Crippen LogP contribution in [0.5, 0.6) is 0 Å². The lowest BCUT2D eigenvalue weighted by Crippen LogP contribution is -2.43. The Morgan fingerprint density at radius 3 is 2.55 bits per heavy atom. The van der Waals surface area contributed by atoms with Crippen LogP contribution in [0.2, 0.25) is 6.82 Å². The summed E-state index contributed by atoms with van der Waals surface area (Å²) in [6.07, 6.45) is 5.70.